The highest BCUT2D eigenvalue weighted by molar-refractivity contribution is 7.97. The van der Waals surface area contributed by atoms with Crippen molar-refractivity contribution in [2.24, 2.45) is 5.73 Å². The van der Waals surface area contributed by atoms with Crippen LogP contribution >= 0.6 is 11.8 Å². The molecule has 2 aliphatic rings. The first-order valence-electron chi connectivity index (χ1n) is 14.1. The topological polar surface area (TPSA) is 70.1 Å². The lowest BCUT2D eigenvalue weighted by molar-refractivity contribution is -0.116. The SMILES string of the molecule is Cc1cc(CSCc2ccccc2)c(C)c(C2C(C#N)=C(N)N(c3cccc4ccccc34)C3=C2C(=O)CCC3)c1. The number of nitrogens with two attached hydrogens (primary N) is 1. The van der Waals surface area contributed by atoms with Crippen LogP contribution in [-0.2, 0) is 16.3 Å². The minimum absolute atomic E-state index is 0.114. The average molecular weight is 556 g/mol. The quantitative estimate of drug-likeness (QED) is 0.260. The molecular weight excluding hydrogens is 522 g/mol. The molecule has 5 heteroatoms. The standard InChI is InChI=1S/C36H33N3OS/c1-23-18-27(22-41-21-25-10-4-3-5-11-25)24(2)29(19-23)34-30(20-37)36(38)39(32-16-9-17-33(40)35(32)34)31-15-8-13-26-12-6-7-14-28(26)31/h3-8,10-15,18-19,34H,9,16-17,21-22,38H2,1-2H3. The molecule has 0 amide bonds. The van der Waals surface area contributed by atoms with Crippen molar-refractivity contribution in [1.29, 1.82) is 5.26 Å². The number of nitrogens with zero attached hydrogens (tertiary/aromatic N) is 2. The van der Waals surface area contributed by atoms with Crippen LogP contribution in [-0.4, -0.2) is 5.78 Å². The van der Waals surface area contributed by atoms with Crippen molar-refractivity contribution in [3.63, 3.8) is 0 Å². The number of aryl methyl sites for hydroxylation is 1. The van der Waals surface area contributed by atoms with E-state index in [0.717, 1.165) is 68.8 Å². The molecule has 0 spiro atoms. The van der Waals surface area contributed by atoms with Gasteiger partial charge in [-0.25, -0.2) is 0 Å². The second-order valence-electron chi connectivity index (χ2n) is 10.9. The number of anilines is 1. The van der Waals surface area contributed by atoms with Gasteiger partial charge in [-0.3, -0.25) is 9.69 Å². The van der Waals surface area contributed by atoms with Crippen molar-refractivity contribution in [2.75, 3.05) is 4.90 Å². The van der Waals surface area contributed by atoms with E-state index < -0.39 is 5.92 Å². The molecule has 4 aromatic rings. The van der Waals surface area contributed by atoms with Gasteiger partial charge in [0.25, 0.3) is 0 Å². The van der Waals surface area contributed by atoms with Crippen molar-refractivity contribution < 1.29 is 4.79 Å². The van der Waals surface area contributed by atoms with E-state index in [-0.39, 0.29) is 5.78 Å². The zero-order chi connectivity index (χ0) is 28.5. The molecule has 1 atom stereocenters. The van der Waals surface area contributed by atoms with Gasteiger partial charge in [-0.1, -0.05) is 84.4 Å². The number of ketones is 1. The van der Waals surface area contributed by atoms with Crippen LogP contribution in [0.4, 0.5) is 5.69 Å². The molecule has 0 fully saturated rings. The third-order valence-corrected chi connectivity index (χ3v) is 9.35. The lowest BCUT2D eigenvalue weighted by Gasteiger charge is -2.40. The first kappa shape index (κ1) is 26.9. The zero-order valence-corrected chi connectivity index (χ0v) is 24.3. The number of rotatable bonds is 6. The van der Waals surface area contributed by atoms with Gasteiger partial charge in [0.2, 0.25) is 0 Å². The van der Waals surface area contributed by atoms with Crippen LogP contribution in [0.15, 0.2) is 108 Å². The molecule has 0 saturated carbocycles. The van der Waals surface area contributed by atoms with Crippen molar-refractivity contribution in [3.05, 3.63) is 135 Å². The zero-order valence-electron chi connectivity index (χ0n) is 23.5. The number of hydrogen-bond acceptors (Lipinski definition) is 5. The summed E-state index contributed by atoms with van der Waals surface area (Å²) in [7, 11) is 0. The second-order valence-corrected chi connectivity index (χ2v) is 11.9. The first-order valence-corrected chi connectivity index (χ1v) is 15.3. The second kappa shape index (κ2) is 11.3. The number of hydrogen-bond donors (Lipinski definition) is 1. The number of carbonyl (C=O) groups is 1. The smallest absolute Gasteiger partial charge is 0.161 e. The number of nitriles is 1. The fourth-order valence-electron chi connectivity index (χ4n) is 6.34. The summed E-state index contributed by atoms with van der Waals surface area (Å²) in [6.07, 6.45) is 2.00. The van der Waals surface area contributed by atoms with E-state index in [1.54, 1.807) is 0 Å². The highest BCUT2D eigenvalue weighted by Gasteiger charge is 2.41. The maximum absolute atomic E-state index is 13.8. The Kier molecular flexibility index (Phi) is 7.43. The Morgan fingerprint density at radius 3 is 2.51 bits per heavy atom. The third-order valence-electron chi connectivity index (χ3n) is 8.30. The largest absolute Gasteiger partial charge is 0.384 e. The summed E-state index contributed by atoms with van der Waals surface area (Å²) in [5.74, 6) is 1.85. The summed E-state index contributed by atoms with van der Waals surface area (Å²) in [6.45, 7) is 4.22. The van der Waals surface area contributed by atoms with Crippen LogP contribution in [0.2, 0.25) is 0 Å². The number of thioether (sulfide) groups is 1. The Morgan fingerprint density at radius 1 is 0.951 bits per heavy atom. The predicted octanol–water partition coefficient (Wildman–Crippen LogP) is 8.19. The summed E-state index contributed by atoms with van der Waals surface area (Å²) < 4.78 is 0. The highest BCUT2D eigenvalue weighted by atomic mass is 32.2. The summed E-state index contributed by atoms with van der Waals surface area (Å²) in [4.78, 5) is 15.8. The molecule has 4 nitrogen and oxygen atoms in total. The van der Waals surface area contributed by atoms with Gasteiger partial charge in [0.05, 0.1) is 23.2 Å². The van der Waals surface area contributed by atoms with Crippen molar-refractivity contribution in [1.82, 2.24) is 0 Å². The van der Waals surface area contributed by atoms with E-state index in [2.05, 4.69) is 74.5 Å². The van der Waals surface area contributed by atoms with Crippen LogP contribution in [0.5, 0.6) is 0 Å². The molecule has 1 aliphatic carbocycles. The third kappa shape index (κ3) is 4.94. The Hall–Kier alpha value is -4.27. The van der Waals surface area contributed by atoms with Crippen molar-refractivity contribution in [3.8, 4) is 6.07 Å². The molecule has 0 saturated heterocycles. The number of benzene rings is 4. The van der Waals surface area contributed by atoms with E-state index in [1.165, 1.54) is 11.1 Å². The monoisotopic (exact) mass is 555 g/mol. The van der Waals surface area contributed by atoms with Gasteiger partial charge in [-0.05, 0) is 60.4 Å². The van der Waals surface area contributed by atoms with E-state index in [9.17, 15) is 10.1 Å². The van der Waals surface area contributed by atoms with E-state index in [0.29, 0.717) is 17.8 Å². The lowest BCUT2D eigenvalue weighted by Crippen LogP contribution is -2.39. The van der Waals surface area contributed by atoms with E-state index in [4.69, 9.17) is 5.73 Å². The first-order chi connectivity index (χ1) is 20.0. The lowest BCUT2D eigenvalue weighted by atomic mass is 9.73. The van der Waals surface area contributed by atoms with Gasteiger partial charge < -0.3 is 5.73 Å². The molecule has 0 radical (unpaired) electrons. The molecule has 204 valence electrons. The number of carbonyl (C=O) groups excluding carboxylic acids is 1. The van der Waals surface area contributed by atoms with Gasteiger partial charge in [0, 0.05) is 34.6 Å². The molecule has 0 bridgehead atoms. The Labute approximate surface area is 246 Å². The van der Waals surface area contributed by atoms with Crippen LogP contribution in [0.25, 0.3) is 10.8 Å². The summed E-state index contributed by atoms with van der Waals surface area (Å²) >= 11 is 1.88. The van der Waals surface area contributed by atoms with Crippen LogP contribution in [0, 0.1) is 25.2 Å². The summed E-state index contributed by atoms with van der Waals surface area (Å²) in [5, 5.41) is 12.7. The fraction of sp³-hybridized carbons (Fsp3) is 0.222. The molecule has 41 heavy (non-hydrogen) atoms. The van der Waals surface area contributed by atoms with Gasteiger partial charge >= 0.3 is 0 Å². The maximum Gasteiger partial charge on any atom is 0.161 e. The van der Waals surface area contributed by atoms with E-state index >= 15 is 0 Å². The Bertz CT molecular complexity index is 1760. The van der Waals surface area contributed by atoms with Crippen LogP contribution < -0.4 is 10.6 Å². The average Bonchev–Trinajstić information content (AvgIpc) is 2.99. The maximum atomic E-state index is 13.8. The van der Waals surface area contributed by atoms with Crippen LogP contribution in [0.3, 0.4) is 0 Å². The minimum atomic E-state index is -0.466. The van der Waals surface area contributed by atoms with E-state index in [1.807, 2.05) is 47.0 Å². The molecule has 2 N–H and O–H groups in total. The molecule has 4 aromatic carbocycles. The number of allylic oxidation sites excluding steroid dienone is 3. The van der Waals surface area contributed by atoms with Crippen molar-refractivity contribution in [2.45, 2.75) is 50.5 Å². The van der Waals surface area contributed by atoms with Crippen LogP contribution in [0.1, 0.15) is 53.0 Å². The van der Waals surface area contributed by atoms with Gasteiger partial charge in [-0.15, -0.1) is 0 Å². The molecule has 1 heterocycles. The normalized spacial score (nSPS) is 17.1. The number of fused-ring (bicyclic) bond motifs is 1. The van der Waals surface area contributed by atoms with Gasteiger partial charge in [0.15, 0.2) is 5.78 Å². The van der Waals surface area contributed by atoms with Gasteiger partial charge in [0.1, 0.15) is 5.82 Å². The predicted molar refractivity (Wildman–Crippen MR) is 169 cm³/mol. The Morgan fingerprint density at radius 2 is 1.71 bits per heavy atom. The molecule has 0 aromatic heterocycles. The molecule has 6 rings (SSSR count). The fourth-order valence-corrected chi connectivity index (χ4v) is 7.39. The van der Waals surface area contributed by atoms with Gasteiger partial charge in [-0.2, -0.15) is 17.0 Å². The number of Topliss-reactive ketones (excluding diaryl/α,β-unsaturated/α-hetero) is 1. The molecule has 1 unspecified atom stereocenters. The van der Waals surface area contributed by atoms with Crippen molar-refractivity contribution >= 4 is 34.0 Å². The Balaban J connectivity index is 1.47. The summed E-state index contributed by atoms with van der Waals surface area (Å²) in [6, 6.07) is 31.6. The molecule has 1 aliphatic heterocycles. The molecular formula is C36H33N3OS. The highest BCUT2D eigenvalue weighted by Crippen LogP contribution is 2.48. The minimum Gasteiger partial charge on any atom is -0.384 e. The summed E-state index contributed by atoms with van der Waals surface area (Å²) in [5.41, 5.74) is 15.8.